The van der Waals surface area contributed by atoms with E-state index in [0.29, 0.717) is 12.0 Å². The van der Waals surface area contributed by atoms with E-state index in [1.165, 1.54) is 32.4 Å². The molecule has 2 N–H and O–H groups in total. The van der Waals surface area contributed by atoms with E-state index in [0.717, 1.165) is 13.2 Å². The second-order valence-corrected chi connectivity index (χ2v) is 5.28. The number of nitrogens with two attached hydrogens (primary N) is 1. The molecule has 0 bridgehead atoms. The monoisotopic (exact) mass is 228 g/mol. The van der Waals surface area contributed by atoms with E-state index in [1.54, 1.807) is 0 Å². The lowest BCUT2D eigenvalue weighted by Crippen LogP contribution is -2.44. The van der Waals surface area contributed by atoms with Crippen molar-refractivity contribution >= 4 is 0 Å². The summed E-state index contributed by atoms with van der Waals surface area (Å²) in [4.78, 5) is 2.50. The summed E-state index contributed by atoms with van der Waals surface area (Å²) in [6, 6.07) is 0. The molecular weight excluding hydrogens is 200 g/mol. The molecule has 1 saturated heterocycles. The maximum absolute atomic E-state index is 5.70. The molecule has 0 aromatic carbocycles. The number of hydrogen-bond acceptors (Lipinski definition) is 3. The Hall–Kier alpha value is -0.120. The first-order valence-corrected chi connectivity index (χ1v) is 6.67. The molecule has 0 saturated carbocycles. The molecule has 1 heterocycles. The first kappa shape index (κ1) is 13.9. The van der Waals surface area contributed by atoms with Crippen LogP contribution in [0.4, 0.5) is 0 Å². The van der Waals surface area contributed by atoms with Gasteiger partial charge in [0, 0.05) is 19.7 Å². The highest BCUT2D eigenvalue weighted by molar-refractivity contribution is 4.82. The van der Waals surface area contributed by atoms with Crippen molar-refractivity contribution < 1.29 is 4.74 Å². The summed E-state index contributed by atoms with van der Waals surface area (Å²) in [5.74, 6) is 0. The van der Waals surface area contributed by atoms with Crippen molar-refractivity contribution in [3.8, 4) is 0 Å². The van der Waals surface area contributed by atoms with Crippen molar-refractivity contribution in [2.45, 2.75) is 46.1 Å². The number of likely N-dealkylation sites (tertiary alicyclic amines) is 1. The van der Waals surface area contributed by atoms with Crippen LogP contribution in [-0.2, 0) is 4.74 Å². The van der Waals surface area contributed by atoms with Crippen LogP contribution in [0.3, 0.4) is 0 Å². The first-order chi connectivity index (χ1) is 7.63. The molecule has 1 rings (SSSR count). The molecule has 1 atom stereocenters. The third-order valence-electron chi connectivity index (χ3n) is 4.04. The largest absolute Gasteiger partial charge is 0.376 e. The van der Waals surface area contributed by atoms with Gasteiger partial charge >= 0.3 is 0 Å². The zero-order chi connectivity index (χ0) is 12.0. The molecule has 0 spiro atoms. The number of hydrogen-bond donors (Lipinski definition) is 1. The molecule has 3 heteroatoms. The maximum Gasteiger partial charge on any atom is 0.0823 e. The lowest BCUT2D eigenvalue weighted by Gasteiger charge is -2.39. The molecule has 3 nitrogen and oxygen atoms in total. The van der Waals surface area contributed by atoms with E-state index in [1.807, 2.05) is 6.92 Å². The Kier molecular flexibility index (Phi) is 5.73. The lowest BCUT2D eigenvalue weighted by molar-refractivity contribution is 0.0199. The summed E-state index contributed by atoms with van der Waals surface area (Å²) in [5.41, 5.74) is 6.27. The Morgan fingerprint density at radius 2 is 1.94 bits per heavy atom. The van der Waals surface area contributed by atoms with Crippen LogP contribution in [0, 0.1) is 5.41 Å². The van der Waals surface area contributed by atoms with E-state index in [-0.39, 0.29) is 6.10 Å². The van der Waals surface area contributed by atoms with Gasteiger partial charge in [0.1, 0.15) is 0 Å². The van der Waals surface area contributed by atoms with Crippen molar-refractivity contribution in [2.24, 2.45) is 11.1 Å². The second kappa shape index (κ2) is 6.58. The molecule has 1 aliphatic heterocycles. The minimum absolute atomic E-state index is 0.219. The van der Waals surface area contributed by atoms with Gasteiger partial charge in [0.25, 0.3) is 0 Å². The average molecular weight is 228 g/mol. The second-order valence-electron chi connectivity index (χ2n) is 5.28. The quantitative estimate of drug-likeness (QED) is 0.754. The zero-order valence-electron chi connectivity index (χ0n) is 11.2. The number of ether oxygens (including phenoxy) is 1. The topological polar surface area (TPSA) is 38.5 Å². The molecule has 96 valence electrons. The maximum atomic E-state index is 5.70. The average Bonchev–Trinajstić information content (AvgIpc) is 2.31. The molecule has 0 amide bonds. The van der Waals surface area contributed by atoms with Gasteiger partial charge in [-0.3, -0.25) is 0 Å². The highest BCUT2D eigenvalue weighted by Gasteiger charge is 2.28. The summed E-state index contributed by atoms with van der Waals surface area (Å²) < 4.78 is 5.61. The van der Waals surface area contributed by atoms with Crippen LogP contribution in [0.25, 0.3) is 0 Å². The molecule has 0 aliphatic carbocycles. The fourth-order valence-electron chi connectivity index (χ4n) is 2.35. The van der Waals surface area contributed by atoms with Crippen LogP contribution in [0.5, 0.6) is 0 Å². The fourth-order valence-corrected chi connectivity index (χ4v) is 2.35. The standard InChI is InChI=1S/C13H28N2O/c1-4-13(3)6-8-15(9-7-13)11-12(10-14)16-5-2/h12H,4-11,14H2,1-3H3. The Morgan fingerprint density at radius 1 is 1.31 bits per heavy atom. The van der Waals surface area contributed by atoms with Gasteiger partial charge in [0.05, 0.1) is 6.10 Å². The Morgan fingerprint density at radius 3 is 2.38 bits per heavy atom. The number of rotatable bonds is 6. The van der Waals surface area contributed by atoms with Gasteiger partial charge in [0.2, 0.25) is 0 Å². The Bertz CT molecular complexity index is 188. The summed E-state index contributed by atoms with van der Waals surface area (Å²) in [7, 11) is 0. The summed E-state index contributed by atoms with van der Waals surface area (Å²) in [6.45, 7) is 11.6. The Labute approximate surface area is 100 Å². The number of piperidine rings is 1. The van der Waals surface area contributed by atoms with Crippen LogP contribution in [0.1, 0.15) is 40.0 Å². The molecule has 0 radical (unpaired) electrons. The van der Waals surface area contributed by atoms with Gasteiger partial charge in [-0.05, 0) is 38.3 Å². The minimum Gasteiger partial charge on any atom is -0.376 e. The van der Waals surface area contributed by atoms with E-state index in [4.69, 9.17) is 10.5 Å². The predicted octanol–water partition coefficient (Wildman–Crippen LogP) is 1.86. The van der Waals surface area contributed by atoms with Gasteiger partial charge in [-0.1, -0.05) is 20.3 Å². The smallest absolute Gasteiger partial charge is 0.0823 e. The van der Waals surface area contributed by atoms with E-state index < -0.39 is 0 Å². The normalized spacial score (nSPS) is 23.2. The summed E-state index contributed by atoms with van der Waals surface area (Å²) >= 11 is 0. The van der Waals surface area contributed by atoms with E-state index in [9.17, 15) is 0 Å². The van der Waals surface area contributed by atoms with Gasteiger partial charge in [-0.15, -0.1) is 0 Å². The first-order valence-electron chi connectivity index (χ1n) is 6.67. The van der Waals surface area contributed by atoms with Gasteiger partial charge in [0.15, 0.2) is 0 Å². The highest BCUT2D eigenvalue weighted by Crippen LogP contribution is 2.33. The highest BCUT2D eigenvalue weighted by atomic mass is 16.5. The molecular formula is C13H28N2O. The lowest BCUT2D eigenvalue weighted by atomic mass is 9.78. The summed E-state index contributed by atoms with van der Waals surface area (Å²) in [6.07, 6.45) is 4.14. The SMILES string of the molecule is CCOC(CN)CN1CCC(C)(CC)CC1. The fraction of sp³-hybridized carbons (Fsp3) is 1.00. The van der Waals surface area contributed by atoms with E-state index in [2.05, 4.69) is 18.7 Å². The van der Waals surface area contributed by atoms with Gasteiger partial charge in [-0.2, -0.15) is 0 Å². The van der Waals surface area contributed by atoms with Crippen molar-refractivity contribution in [2.75, 3.05) is 32.8 Å². The van der Waals surface area contributed by atoms with Crippen LogP contribution >= 0.6 is 0 Å². The van der Waals surface area contributed by atoms with Gasteiger partial charge < -0.3 is 15.4 Å². The molecule has 1 unspecified atom stereocenters. The van der Waals surface area contributed by atoms with Crippen LogP contribution < -0.4 is 5.73 Å². The van der Waals surface area contributed by atoms with Crippen LogP contribution in [0.15, 0.2) is 0 Å². The molecule has 0 aromatic heterocycles. The number of nitrogens with zero attached hydrogens (tertiary/aromatic N) is 1. The molecule has 1 aliphatic rings. The van der Waals surface area contributed by atoms with Crippen molar-refractivity contribution in [1.29, 1.82) is 0 Å². The predicted molar refractivity (Wildman–Crippen MR) is 68.5 cm³/mol. The van der Waals surface area contributed by atoms with Crippen molar-refractivity contribution in [3.05, 3.63) is 0 Å². The van der Waals surface area contributed by atoms with Crippen LogP contribution in [0.2, 0.25) is 0 Å². The van der Waals surface area contributed by atoms with Crippen molar-refractivity contribution in [1.82, 2.24) is 4.90 Å². The summed E-state index contributed by atoms with van der Waals surface area (Å²) in [5, 5.41) is 0. The third kappa shape index (κ3) is 4.04. The van der Waals surface area contributed by atoms with E-state index >= 15 is 0 Å². The Balaban J connectivity index is 2.30. The molecule has 0 aromatic rings. The molecule has 1 fully saturated rings. The third-order valence-corrected chi connectivity index (χ3v) is 4.04. The molecule has 16 heavy (non-hydrogen) atoms. The van der Waals surface area contributed by atoms with Gasteiger partial charge in [-0.25, -0.2) is 0 Å². The van der Waals surface area contributed by atoms with Crippen molar-refractivity contribution in [3.63, 3.8) is 0 Å². The zero-order valence-corrected chi connectivity index (χ0v) is 11.2. The van der Waals surface area contributed by atoms with Crippen LogP contribution in [-0.4, -0.2) is 43.8 Å². The minimum atomic E-state index is 0.219.